The van der Waals surface area contributed by atoms with Crippen molar-refractivity contribution in [3.63, 3.8) is 0 Å². The van der Waals surface area contributed by atoms with Crippen molar-refractivity contribution in [3.05, 3.63) is 0 Å². The quantitative estimate of drug-likeness (QED) is 0.609. The summed E-state index contributed by atoms with van der Waals surface area (Å²) in [7, 11) is -0.804. The number of alkyl carbamates (subject to hydrolysis) is 1. The predicted molar refractivity (Wildman–Crippen MR) is 92.9 cm³/mol. The maximum atomic E-state index is 12.0. The molecule has 1 N–H and O–H groups in total. The first-order chi connectivity index (χ1) is 10.1. The molecule has 7 heteroatoms. The number of methoxy groups -OCH3 is 1. The van der Waals surface area contributed by atoms with Gasteiger partial charge in [0.1, 0.15) is 5.60 Å². The van der Waals surface area contributed by atoms with Gasteiger partial charge in [0, 0.05) is 0 Å². The lowest BCUT2D eigenvalue weighted by Gasteiger charge is -2.39. The molecule has 0 aromatic carbocycles. The van der Waals surface area contributed by atoms with Crippen LogP contribution in [0.15, 0.2) is 0 Å². The Morgan fingerprint density at radius 1 is 1.04 bits per heavy atom. The molecular weight excluding hydrogens is 314 g/mol. The summed E-state index contributed by atoms with van der Waals surface area (Å²) in [4.78, 5) is 24.0. The second-order valence-corrected chi connectivity index (χ2v) is 13.0. The normalized spacial score (nSPS) is 15.6. The molecule has 1 amide bonds. The van der Waals surface area contributed by atoms with Crippen LogP contribution in [0, 0.1) is 0 Å². The summed E-state index contributed by atoms with van der Waals surface area (Å²) in [5, 5.41) is 2.55. The van der Waals surface area contributed by atoms with Crippen LogP contribution in [0.1, 0.15) is 48.5 Å². The summed E-state index contributed by atoms with van der Waals surface area (Å²) in [6.07, 6.45) is -1.19. The highest BCUT2D eigenvalue weighted by atomic mass is 28.4. The van der Waals surface area contributed by atoms with E-state index in [1.807, 2.05) is 0 Å². The first-order valence-electron chi connectivity index (χ1n) is 7.86. The number of carbonyl (C=O) groups excluding carboxylic acids is 2. The van der Waals surface area contributed by atoms with Gasteiger partial charge >= 0.3 is 12.1 Å². The zero-order valence-corrected chi connectivity index (χ0v) is 17.2. The minimum Gasteiger partial charge on any atom is -0.467 e. The summed E-state index contributed by atoms with van der Waals surface area (Å²) < 4.78 is 16.2. The highest BCUT2D eigenvalue weighted by molar-refractivity contribution is 6.74. The van der Waals surface area contributed by atoms with Crippen molar-refractivity contribution in [2.24, 2.45) is 0 Å². The second kappa shape index (κ2) is 7.66. The Kier molecular flexibility index (Phi) is 7.30. The summed E-state index contributed by atoms with van der Waals surface area (Å²) in [5.74, 6) is -0.554. The van der Waals surface area contributed by atoms with Gasteiger partial charge in [-0.25, -0.2) is 9.59 Å². The number of hydrogen-bond acceptors (Lipinski definition) is 5. The number of hydrogen-bond donors (Lipinski definition) is 1. The number of carbonyl (C=O) groups is 2. The molecule has 0 bridgehead atoms. The molecule has 2 atom stereocenters. The Morgan fingerprint density at radius 3 is 1.87 bits per heavy atom. The third-order valence-corrected chi connectivity index (χ3v) is 8.46. The molecule has 23 heavy (non-hydrogen) atoms. The third-order valence-electron chi connectivity index (χ3n) is 3.88. The first-order valence-corrected chi connectivity index (χ1v) is 10.8. The van der Waals surface area contributed by atoms with E-state index in [1.165, 1.54) is 7.11 Å². The van der Waals surface area contributed by atoms with Gasteiger partial charge < -0.3 is 19.2 Å². The first kappa shape index (κ1) is 21.9. The number of ether oxygens (including phenoxy) is 2. The van der Waals surface area contributed by atoms with E-state index in [9.17, 15) is 9.59 Å². The van der Waals surface area contributed by atoms with E-state index in [0.717, 1.165) is 0 Å². The number of rotatable bonds is 5. The fraction of sp³-hybridized carbons (Fsp3) is 0.875. The zero-order chi connectivity index (χ0) is 18.6. The molecule has 0 aromatic heterocycles. The van der Waals surface area contributed by atoms with Gasteiger partial charge in [0.05, 0.1) is 13.2 Å². The van der Waals surface area contributed by atoms with Crippen LogP contribution in [0.3, 0.4) is 0 Å². The highest BCUT2D eigenvalue weighted by Gasteiger charge is 2.41. The largest absolute Gasteiger partial charge is 0.467 e. The number of nitrogens with one attached hydrogen (secondary N) is 1. The molecule has 0 radical (unpaired) electrons. The van der Waals surface area contributed by atoms with E-state index in [4.69, 9.17) is 13.9 Å². The molecular formula is C16H33NO5Si. The van der Waals surface area contributed by atoms with Gasteiger partial charge in [-0.3, -0.25) is 0 Å². The maximum absolute atomic E-state index is 12.0. The Balaban J connectivity index is 5.12. The van der Waals surface area contributed by atoms with Gasteiger partial charge in [0.2, 0.25) is 0 Å². The average molecular weight is 348 g/mol. The Labute approximate surface area is 141 Å². The average Bonchev–Trinajstić information content (AvgIpc) is 2.30. The Hall–Kier alpha value is -1.08. The van der Waals surface area contributed by atoms with Crippen molar-refractivity contribution >= 4 is 20.4 Å². The molecule has 0 unspecified atom stereocenters. The van der Waals surface area contributed by atoms with Crippen molar-refractivity contribution in [1.29, 1.82) is 0 Å². The minimum atomic E-state index is -2.09. The van der Waals surface area contributed by atoms with E-state index in [2.05, 4.69) is 39.2 Å². The fourth-order valence-electron chi connectivity index (χ4n) is 1.64. The fourth-order valence-corrected chi connectivity index (χ4v) is 3.06. The SMILES string of the molecule is COC(=O)[C@@H](NC(=O)OC(C)(C)C)[C@H](C)O[Si](C)(C)C(C)(C)C. The molecule has 0 aromatic rings. The van der Waals surface area contributed by atoms with E-state index in [1.54, 1.807) is 27.7 Å². The predicted octanol–water partition coefficient (Wildman–Crippen LogP) is 3.46. The van der Waals surface area contributed by atoms with Crippen LogP contribution in [0.5, 0.6) is 0 Å². The molecule has 136 valence electrons. The lowest BCUT2D eigenvalue weighted by Crippen LogP contribution is -2.54. The standard InChI is InChI=1S/C16H33NO5Si/c1-11(22-23(9,10)16(5,6)7)12(13(18)20-8)17-14(19)21-15(2,3)4/h11-12H,1-10H3,(H,17,19)/t11-,12-/m0/s1. The van der Waals surface area contributed by atoms with E-state index in [-0.39, 0.29) is 5.04 Å². The molecule has 0 fully saturated rings. The lowest BCUT2D eigenvalue weighted by molar-refractivity contribution is -0.145. The van der Waals surface area contributed by atoms with Crippen LogP contribution >= 0.6 is 0 Å². The lowest BCUT2D eigenvalue weighted by atomic mass is 10.2. The van der Waals surface area contributed by atoms with E-state index < -0.39 is 38.1 Å². The van der Waals surface area contributed by atoms with Crippen molar-refractivity contribution < 1.29 is 23.5 Å². The molecule has 0 heterocycles. The molecule has 0 aliphatic heterocycles. The molecule has 0 aliphatic carbocycles. The molecule has 0 saturated carbocycles. The van der Waals surface area contributed by atoms with E-state index >= 15 is 0 Å². The molecule has 0 aliphatic rings. The number of amides is 1. The monoisotopic (exact) mass is 347 g/mol. The van der Waals surface area contributed by atoms with Gasteiger partial charge in [-0.2, -0.15) is 0 Å². The number of esters is 1. The summed E-state index contributed by atoms with van der Waals surface area (Å²) in [6, 6.07) is -0.913. The van der Waals surface area contributed by atoms with Crippen LogP contribution in [-0.4, -0.2) is 45.2 Å². The summed E-state index contributed by atoms with van der Waals surface area (Å²) >= 11 is 0. The van der Waals surface area contributed by atoms with Crippen LogP contribution in [0.25, 0.3) is 0 Å². The van der Waals surface area contributed by atoms with Gasteiger partial charge in [-0.05, 0) is 45.8 Å². The van der Waals surface area contributed by atoms with Crippen LogP contribution in [0.4, 0.5) is 4.79 Å². The summed E-state index contributed by atoms with van der Waals surface area (Å²) in [5.41, 5.74) is -0.645. The summed E-state index contributed by atoms with van der Waals surface area (Å²) in [6.45, 7) is 17.6. The van der Waals surface area contributed by atoms with E-state index in [0.29, 0.717) is 0 Å². The van der Waals surface area contributed by atoms with Crippen molar-refractivity contribution in [2.75, 3.05) is 7.11 Å². The minimum absolute atomic E-state index is 0.00610. The molecule has 0 spiro atoms. The van der Waals surface area contributed by atoms with Crippen LogP contribution < -0.4 is 5.32 Å². The third kappa shape index (κ3) is 7.35. The van der Waals surface area contributed by atoms with Gasteiger partial charge in [-0.1, -0.05) is 20.8 Å². The van der Waals surface area contributed by atoms with Crippen LogP contribution in [0.2, 0.25) is 18.1 Å². The Morgan fingerprint density at radius 2 is 1.52 bits per heavy atom. The highest BCUT2D eigenvalue weighted by Crippen LogP contribution is 2.37. The smallest absolute Gasteiger partial charge is 0.408 e. The second-order valence-electron chi connectivity index (χ2n) is 8.23. The van der Waals surface area contributed by atoms with Gasteiger partial charge in [0.25, 0.3) is 0 Å². The van der Waals surface area contributed by atoms with Crippen LogP contribution in [-0.2, 0) is 18.7 Å². The molecule has 6 nitrogen and oxygen atoms in total. The topological polar surface area (TPSA) is 73.9 Å². The molecule has 0 rings (SSSR count). The Bertz CT molecular complexity index is 423. The van der Waals surface area contributed by atoms with Crippen molar-refractivity contribution in [3.8, 4) is 0 Å². The van der Waals surface area contributed by atoms with Crippen molar-refractivity contribution in [2.45, 2.75) is 84.3 Å². The van der Waals surface area contributed by atoms with Gasteiger partial charge in [-0.15, -0.1) is 0 Å². The molecule has 0 saturated heterocycles. The van der Waals surface area contributed by atoms with Gasteiger partial charge in [0.15, 0.2) is 14.4 Å². The maximum Gasteiger partial charge on any atom is 0.408 e. The zero-order valence-electron chi connectivity index (χ0n) is 16.2. The van der Waals surface area contributed by atoms with Crippen molar-refractivity contribution in [1.82, 2.24) is 5.32 Å².